The Labute approximate surface area is 813 Å². The second kappa shape index (κ2) is 44.8. The minimum absolute atomic E-state index is 0. The zero-order chi connectivity index (χ0) is 80.8. The van der Waals surface area contributed by atoms with Crippen LogP contribution in [0.3, 0.4) is 0 Å². The van der Waals surface area contributed by atoms with Gasteiger partial charge in [0.1, 0.15) is 5.82 Å². The number of nitrogens with zero attached hydrogens (tertiary/aromatic N) is 13. The predicted octanol–water partition coefficient (Wildman–Crippen LogP) is 24.0. The fourth-order valence-corrected chi connectivity index (χ4v) is 15.4. The van der Waals surface area contributed by atoms with Gasteiger partial charge < -0.3 is 4.52 Å². The molecule has 0 fully saturated rings. The minimum Gasteiger partial charge on any atom is -0.353 e. The van der Waals surface area contributed by atoms with E-state index in [0.717, 1.165) is 101 Å². The quantitative estimate of drug-likeness (QED) is 0.107. The molecule has 0 spiro atoms. The Morgan fingerprint density at radius 2 is 0.815 bits per heavy atom. The topological polar surface area (TPSA) is 157 Å². The third-order valence-corrected chi connectivity index (χ3v) is 21.6. The number of hydrogen-bond donors (Lipinski definition) is 0. The maximum absolute atomic E-state index is 4.73. The Balaban J connectivity index is 0.000000155. The average Bonchev–Trinajstić information content (AvgIpc) is 1.58. The Morgan fingerprint density at radius 1 is 0.371 bits per heavy atom. The summed E-state index contributed by atoms with van der Waals surface area (Å²) in [5, 5.41) is 19.5. The normalized spacial score (nSPS) is 11.4. The van der Waals surface area contributed by atoms with Gasteiger partial charge in [-0.05, 0) is 97.7 Å². The number of benzene rings is 11. The van der Waals surface area contributed by atoms with Gasteiger partial charge >= 0.3 is 0 Å². The predicted molar refractivity (Wildman–Crippen MR) is 474 cm³/mol. The van der Waals surface area contributed by atoms with Gasteiger partial charge in [-0.2, -0.15) is 0 Å². The molecule has 8 aromatic heterocycles. The van der Waals surface area contributed by atoms with Crippen molar-refractivity contribution < 1.29 is 126 Å². The SMILES string of the molecule is C=Cc1ccc(-n2ccc(-c3[c-]ccc(-c4ccccn4)c3)n2)cc1.CC1(C)c2ccccc2-c2c[c-]c(-c3cscn3)cc21.Cn1ccc(-c2[c-]cc3c(c2)C(C)(C)c2ccccc2-3)n1.Cn1ccc(-c2[c-]ccc(-c3ccccc3)c2)n1.[Ir].[Ir].[Ir].[Ir].[Ir].[Pt].[c-]1ccc(-c2ccccc2)cc1-c1ncon1.[c-]1ccc(-c2ccccn2)cc1-c1ncsn1. The first-order chi connectivity index (χ1) is 57.8. The molecule has 19 aromatic rings. The molecule has 11 aromatic carbocycles. The van der Waals surface area contributed by atoms with Crippen molar-refractivity contribution in [1.29, 1.82) is 0 Å². The molecule has 21 rings (SSSR count). The van der Waals surface area contributed by atoms with Crippen LogP contribution in [-0.2, 0) is 147 Å². The molecule has 0 N–H and O–H groups in total. The third-order valence-electron chi connectivity index (χ3n) is 20.5. The smallest absolute Gasteiger partial charge is 0.203 e. The fourth-order valence-electron chi connectivity index (χ4n) is 14.4. The van der Waals surface area contributed by atoms with E-state index in [4.69, 9.17) is 4.52 Å². The van der Waals surface area contributed by atoms with Crippen LogP contribution in [0, 0.1) is 36.4 Å². The summed E-state index contributed by atoms with van der Waals surface area (Å²) >= 11 is 2.96. The van der Waals surface area contributed by atoms with Gasteiger partial charge in [0, 0.05) is 184 Å². The summed E-state index contributed by atoms with van der Waals surface area (Å²) in [4.78, 5) is 21.3. The molecule has 8 heterocycles. The van der Waals surface area contributed by atoms with Crippen LogP contribution in [-0.4, -0.2) is 63.8 Å². The average molecular weight is 2720 g/mol. The molecular formula is C102H77Ir5N13OPtS2-6. The maximum Gasteiger partial charge on any atom is 0.203 e. The van der Waals surface area contributed by atoms with Crippen molar-refractivity contribution in [1.82, 2.24) is 63.8 Å². The summed E-state index contributed by atoms with van der Waals surface area (Å²) in [7, 11) is 3.86. The van der Waals surface area contributed by atoms with Crippen LogP contribution >= 0.6 is 22.9 Å². The summed E-state index contributed by atoms with van der Waals surface area (Å²) in [5.74, 6) is 1.27. The van der Waals surface area contributed by atoms with E-state index in [-0.39, 0.29) is 132 Å². The van der Waals surface area contributed by atoms with Gasteiger partial charge in [0.25, 0.3) is 0 Å². The summed E-state index contributed by atoms with van der Waals surface area (Å²) in [6.45, 7) is 13.0. The van der Waals surface area contributed by atoms with Gasteiger partial charge in [0.15, 0.2) is 0 Å². The number of rotatable bonds is 12. The van der Waals surface area contributed by atoms with E-state index in [1.807, 2.05) is 223 Å². The maximum atomic E-state index is 4.73. The van der Waals surface area contributed by atoms with Crippen LogP contribution in [0.2, 0.25) is 0 Å². The van der Waals surface area contributed by atoms with Crippen molar-refractivity contribution in [2.24, 2.45) is 14.1 Å². The minimum atomic E-state index is 0. The van der Waals surface area contributed by atoms with Crippen LogP contribution in [0.25, 0.3) is 147 Å². The van der Waals surface area contributed by atoms with Crippen LogP contribution in [0.1, 0.15) is 55.5 Å². The second-order valence-corrected chi connectivity index (χ2v) is 30.2. The van der Waals surface area contributed by atoms with E-state index < -0.39 is 0 Å². The Bertz CT molecular complexity index is 6460. The first kappa shape index (κ1) is 95.6. The molecule has 5 radical (unpaired) electrons. The third kappa shape index (κ3) is 22.5. The molecule has 0 unspecified atom stereocenters. The number of fused-ring (bicyclic) bond motifs is 6. The molecule has 0 bridgehead atoms. The molecule has 0 atom stereocenters. The first-order valence-electron chi connectivity index (χ1n) is 38.3. The van der Waals surface area contributed by atoms with E-state index in [9.17, 15) is 0 Å². The van der Waals surface area contributed by atoms with Crippen molar-refractivity contribution in [2.45, 2.75) is 38.5 Å². The van der Waals surface area contributed by atoms with Crippen molar-refractivity contribution in [3.05, 3.63) is 410 Å². The van der Waals surface area contributed by atoms with Gasteiger partial charge in [0.2, 0.25) is 6.39 Å². The number of aryl methyl sites for hydroxylation is 2. The van der Waals surface area contributed by atoms with E-state index in [1.54, 1.807) is 33.9 Å². The summed E-state index contributed by atoms with van der Waals surface area (Å²) in [6.07, 6.45) is 12.6. The zero-order valence-electron chi connectivity index (χ0n) is 67.6. The van der Waals surface area contributed by atoms with E-state index in [2.05, 4.69) is 241 Å². The number of pyridine rings is 2. The van der Waals surface area contributed by atoms with Crippen LogP contribution < -0.4 is 0 Å². The number of aromatic nitrogens is 13. The van der Waals surface area contributed by atoms with Crippen LogP contribution in [0.15, 0.2) is 350 Å². The van der Waals surface area contributed by atoms with Crippen molar-refractivity contribution in [3.8, 4) is 141 Å². The monoisotopic (exact) mass is 2720 g/mol. The van der Waals surface area contributed by atoms with Crippen LogP contribution in [0.5, 0.6) is 0 Å². The molecule has 14 nitrogen and oxygen atoms in total. The first-order valence-corrected chi connectivity index (χ1v) is 40.1. The molecule has 629 valence electrons. The largest absolute Gasteiger partial charge is 0.353 e. The van der Waals surface area contributed by atoms with Gasteiger partial charge in [-0.25, -0.2) is 24.7 Å². The summed E-state index contributed by atoms with van der Waals surface area (Å²) < 4.78 is 14.4. The molecule has 0 saturated heterocycles. The molecule has 124 heavy (non-hydrogen) atoms. The number of thiazole rings is 1. The van der Waals surface area contributed by atoms with Crippen LogP contribution in [0.4, 0.5) is 0 Å². The number of hydrogen-bond acceptors (Lipinski definition) is 13. The molecule has 0 aliphatic heterocycles. The Kier molecular flexibility index (Phi) is 34.5. The van der Waals surface area contributed by atoms with Crippen molar-refractivity contribution in [2.75, 3.05) is 0 Å². The van der Waals surface area contributed by atoms with E-state index in [1.165, 1.54) is 73.6 Å². The molecule has 2 aliphatic rings. The molecule has 22 heteroatoms. The van der Waals surface area contributed by atoms with Crippen molar-refractivity contribution in [3.63, 3.8) is 0 Å². The van der Waals surface area contributed by atoms with Crippen molar-refractivity contribution >= 4 is 28.9 Å². The Hall–Kier alpha value is -10.6. The van der Waals surface area contributed by atoms with E-state index >= 15 is 0 Å². The van der Waals surface area contributed by atoms with Gasteiger partial charge in [-0.3, -0.25) is 34.0 Å². The molecule has 2 aliphatic carbocycles. The summed E-state index contributed by atoms with van der Waals surface area (Å²) in [6, 6.07) is 116. The van der Waals surface area contributed by atoms with Gasteiger partial charge in [-0.15, -0.1) is 206 Å². The van der Waals surface area contributed by atoms with Gasteiger partial charge in [-0.1, -0.05) is 225 Å². The van der Waals surface area contributed by atoms with E-state index in [0.29, 0.717) is 11.6 Å². The zero-order valence-corrected chi connectivity index (χ0v) is 83.5. The molecular weight excluding hydrogens is 2640 g/mol. The second-order valence-electron chi connectivity index (χ2n) is 28.9. The Morgan fingerprint density at radius 3 is 1.27 bits per heavy atom. The fraction of sp³-hybridized carbons (Fsp3) is 0.0784. The summed E-state index contributed by atoms with van der Waals surface area (Å²) in [5.41, 5.74) is 34.9. The standard InChI is InChI=1S/C22H16N3.C19H17N2.C18H14NS.C16H13N2.C14H9N2O.C13H8N3S.5Ir.Pt/c1-2-17-9-11-20(12-10-17)25-15-13-22(24-25)19-7-5-6-18(16-19)21-8-3-4-14-23-21;1-19(2)16-7-5-4-6-14(16)15-9-8-13(12-17(15)19)18-10-11-21(3)20-18;1-18(2)15-6-4-3-5-13(15)14-8-7-12(9-16(14)18)17-10-20-11-19-17;1-18-11-10-16(17-18)15-9-5-8-14(12-15)13-6-3-2-4-7-13;1-2-5-11(6-3-1)12-7-4-8-13(9-12)14-15-10-17-16-14;1-2-7-14-12(6-1)10-4-3-5-11(8-10)13-15-9-17-16-13;;;;;;/h2-6,8-16H,1H2;4-7,9-12H,1-3H3;3-6,8-11H,1-2H3;2-8,10-12H,1H3;1-7,9-10H;1-4,6-9H;;;;;;/q6*-1;;;;;;. The molecule has 0 amide bonds. The van der Waals surface area contributed by atoms with Gasteiger partial charge in [0.05, 0.1) is 33.9 Å². The molecule has 0 saturated carbocycles.